The van der Waals surface area contributed by atoms with Crippen molar-refractivity contribution in [2.75, 3.05) is 11.9 Å². The summed E-state index contributed by atoms with van der Waals surface area (Å²) in [6.07, 6.45) is 1.75. The number of fused-ring (bicyclic) bond motifs is 1. The lowest BCUT2D eigenvalue weighted by Crippen LogP contribution is -2.22. The first-order valence-electron chi connectivity index (χ1n) is 9.14. The van der Waals surface area contributed by atoms with Gasteiger partial charge in [-0.25, -0.2) is 4.98 Å². The number of hydrogen-bond donors (Lipinski definition) is 3. The highest BCUT2D eigenvalue weighted by Crippen LogP contribution is 2.28. The molecule has 4 rings (SSSR count). The van der Waals surface area contributed by atoms with E-state index in [2.05, 4.69) is 31.1 Å². The molecule has 0 aliphatic heterocycles. The van der Waals surface area contributed by atoms with Crippen LogP contribution in [0.25, 0.3) is 16.9 Å². The number of aliphatic hydroxyl groups excluding tert-OH is 1. The lowest BCUT2D eigenvalue weighted by molar-refractivity contribution is 0.267. The topological polar surface area (TPSA) is 74.5 Å². The third-order valence-electron chi connectivity index (χ3n) is 4.28. The minimum absolute atomic E-state index is 0.0394. The molecule has 0 bridgehead atoms. The minimum atomic E-state index is 0.0394. The van der Waals surface area contributed by atoms with Crippen LogP contribution in [0.3, 0.4) is 0 Å². The lowest BCUT2D eigenvalue weighted by Gasteiger charge is -2.12. The fourth-order valence-electron chi connectivity index (χ4n) is 2.74. The molecule has 0 aliphatic carbocycles. The van der Waals surface area contributed by atoms with Gasteiger partial charge in [0, 0.05) is 28.3 Å². The van der Waals surface area contributed by atoms with Crippen molar-refractivity contribution in [1.82, 2.24) is 19.3 Å². The van der Waals surface area contributed by atoms with Crippen LogP contribution in [0.4, 0.5) is 11.5 Å². The van der Waals surface area contributed by atoms with Crippen molar-refractivity contribution in [2.45, 2.75) is 17.9 Å². The molecule has 1 unspecified atom stereocenters. The van der Waals surface area contributed by atoms with E-state index in [1.807, 2.05) is 67.6 Å². The minimum Gasteiger partial charge on any atom is -0.395 e. The number of aliphatic hydroxyl groups is 1. The Hall–Kier alpha value is -2.39. The van der Waals surface area contributed by atoms with E-state index in [0.717, 1.165) is 37.8 Å². The molecular formula is C21H20BrN5OS. The first-order chi connectivity index (χ1) is 14.1. The highest BCUT2D eigenvalue weighted by atomic mass is 79.9. The zero-order chi connectivity index (χ0) is 20.2. The fourth-order valence-corrected chi connectivity index (χ4v) is 3.77. The van der Waals surface area contributed by atoms with Crippen LogP contribution in [0.15, 0.2) is 76.2 Å². The average molecular weight is 470 g/mol. The second-order valence-electron chi connectivity index (χ2n) is 6.57. The van der Waals surface area contributed by atoms with Crippen LogP contribution in [-0.4, -0.2) is 32.4 Å². The molecule has 3 N–H and O–H groups in total. The van der Waals surface area contributed by atoms with Crippen LogP contribution >= 0.6 is 27.9 Å². The lowest BCUT2D eigenvalue weighted by atomic mass is 10.1. The van der Waals surface area contributed by atoms with Gasteiger partial charge in [0.25, 0.3) is 0 Å². The summed E-state index contributed by atoms with van der Waals surface area (Å²) in [5, 5.41) is 17.0. The predicted octanol–water partition coefficient (Wildman–Crippen LogP) is 4.88. The third-order valence-corrected chi connectivity index (χ3v) is 5.86. The second-order valence-corrected chi connectivity index (χ2v) is 8.34. The maximum absolute atomic E-state index is 9.11. The van der Waals surface area contributed by atoms with Crippen molar-refractivity contribution in [3.8, 4) is 11.3 Å². The number of anilines is 2. The highest BCUT2D eigenvalue weighted by molar-refractivity contribution is 9.10. The van der Waals surface area contributed by atoms with E-state index in [1.54, 1.807) is 10.7 Å². The molecule has 0 fully saturated rings. The quantitative estimate of drug-likeness (QED) is 0.335. The molecule has 0 aliphatic rings. The van der Waals surface area contributed by atoms with E-state index in [9.17, 15) is 0 Å². The maximum atomic E-state index is 9.11. The zero-order valence-electron chi connectivity index (χ0n) is 15.7. The number of nitrogens with zero attached hydrogens (tertiary/aromatic N) is 3. The molecule has 0 spiro atoms. The molecule has 0 saturated heterocycles. The molecule has 0 saturated carbocycles. The Balaban J connectivity index is 1.62. The molecule has 148 valence electrons. The van der Waals surface area contributed by atoms with Crippen molar-refractivity contribution >= 4 is 45.0 Å². The van der Waals surface area contributed by atoms with Gasteiger partial charge >= 0.3 is 0 Å². The van der Waals surface area contributed by atoms with Gasteiger partial charge < -0.3 is 10.4 Å². The van der Waals surface area contributed by atoms with Crippen molar-refractivity contribution < 1.29 is 5.11 Å². The number of nitrogens with one attached hydrogen (secondary N) is 2. The Bertz CT molecular complexity index is 1100. The molecule has 29 heavy (non-hydrogen) atoms. The monoisotopic (exact) mass is 469 g/mol. The largest absolute Gasteiger partial charge is 0.395 e. The van der Waals surface area contributed by atoms with Gasteiger partial charge in [0.1, 0.15) is 5.82 Å². The van der Waals surface area contributed by atoms with E-state index in [1.165, 1.54) is 11.9 Å². The van der Waals surface area contributed by atoms with Crippen molar-refractivity contribution in [2.24, 2.45) is 0 Å². The van der Waals surface area contributed by atoms with Gasteiger partial charge in [-0.15, -0.1) is 0 Å². The average Bonchev–Trinajstić information content (AvgIpc) is 3.14. The summed E-state index contributed by atoms with van der Waals surface area (Å²) in [5.41, 5.74) is 3.61. The summed E-state index contributed by atoms with van der Waals surface area (Å²) >= 11 is 5.04. The SMILES string of the molecule is CC(CO)NSc1ccc(Nc2cc(-c3ccccc3)nc3c(Br)cnn23)cc1. The smallest absolute Gasteiger partial charge is 0.172 e. The molecular weight excluding hydrogens is 450 g/mol. The third kappa shape index (κ3) is 4.62. The first-order valence-corrected chi connectivity index (χ1v) is 10.7. The number of hydrogen-bond acceptors (Lipinski definition) is 6. The van der Waals surface area contributed by atoms with Crippen LogP contribution in [-0.2, 0) is 0 Å². The van der Waals surface area contributed by atoms with Gasteiger partial charge in [-0.1, -0.05) is 30.3 Å². The standard InChI is InChI=1S/C21H20BrN5OS/c1-14(13-28)26-29-17-9-7-16(8-10-17)24-20-11-19(15-5-3-2-4-6-15)25-21-18(22)12-23-27(20)21/h2-12,14,24,26,28H,13H2,1H3. The van der Waals surface area contributed by atoms with Crippen molar-refractivity contribution in [1.29, 1.82) is 0 Å². The van der Waals surface area contributed by atoms with Crippen LogP contribution in [0.2, 0.25) is 0 Å². The highest BCUT2D eigenvalue weighted by Gasteiger charge is 2.12. The molecule has 6 nitrogen and oxygen atoms in total. The van der Waals surface area contributed by atoms with Crippen molar-refractivity contribution in [3.05, 3.63) is 71.3 Å². The van der Waals surface area contributed by atoms with Crippen LogP contribution in [0.5, 0.6) is 0 Å². The predicted molar refractivity (Wildman–Crippen MR) is 121 cm³/mol. The van der Waals surface area contributed by atoms with Gasteiger partial charge in [0.05, 0.1) is 23.0 Å². The van der Waals surface area contributed by atoms with Gasteiger partial charge in [-0.05, 0) is 59.1 Å². The Kier molecular flexibility index (Phi) is 6.15. The number of halogens is 1. The van der Waals surface area contributed by atoms with Crippen LogP contribution < -0.4 is 10.0 Å². The molecule has 2 heterocycles. The molecule has 2 aromatic heterocycles. The summed E-state index contributed by atoms with van der Waals surface area (Å²) < 4.78 is 5.81. The fraction of sp³-hybridized carbons (Fsp3) is 0.143. The second kappa shape index (κ2) is 8.96. The number of rotatable bonds is 7. The van der Waals surface area contributed by atoms with E-state index < -0.39 is 0 Å². The summed E-state index contributed by atoms with van der Waals surface area (Å²) in [4.78, 5) is 5.82. The molecule has 0 amide bonds. The zero-order valence-corrected chi connectivity index (χ0v) is 18.1. The summed E-state index contributed by atoms with van der Waals surface area (Å²) in [5.74, 6) is 0.826. The van der Waals surface area contributed by atoms with Gasteiger partial charge in [-0.2, -0.15) is 9.61 Å². The molecule has 1 atom stereocenters. The summed E-state index contributed by atoms with van der Waals surface area (Å²) in [6.45, 7) is 2.04. The van der Waals surface area contributed by atoms with E-state index in [4.69, 9.17) is 10.1 Å². The Morgan fingerprint density at radius 3 is 2.62 bits per heavy atom. The Morgan fingerprint density at radius 2 is 1.90 bits per heavy atom. The van der Waals surface area contributed by atoms with Gasteiger partial charge in [0.15, 0.2) is 5.65 Å². The van der Waals surface area contributed by atoms with Crippen LogP contribution in [0.1, 0.15) is 6.92 Å². The molecule has 8 heteroatoms. The number of aromatic nitrogens is 3. The summed E-state index contributed by atoms with van der Waals surface area (Å²) in [6, 6.07) is 20.2. The molecule has 2 aromatic carbocycles. The Morgan fingerprint density at radius 1 is 1.14 bits per heavy atom. The van der Waals surface area contributed by atoms with E-state index in [-0.39, 0.29) is 12.6 Å². The van der Waals surface area contributed by atoms with E-state index >= 15 is 0 Å². The summed E-state index contributed by atoms with van der Waals surface area (Å²) in [7, 11) is 0. The molecule has 4 aromatic rings. The van der Waals surface area contributed by atoms with E-state index in [0.29, 0.717) is 0 Å². The van der Waals surface area contributed by atoms with Crippen molar-refractivity contribution in [3.63, 3.8) is 0 Å². The van der Waals surface area contributed by atoms with Gasteiger partial charge in [-0.3, -0.25) is 4.72 Å². The normalized spacial score (nSPS) is 12.2. The first kappa shape index (κ1) is 19.9. The van der Waals surface area contributed by atoms with Gasteiger partial charge in [0.2, 0.25) is 0 Å². The number of benzene rings is 2. The van der Waals surface area contributed by atoms with Crippen LogP contribution in [0, 0.1) is 0 Å². The maximum Gasteiger partial charge on any atom is 0.172 e. The Labute approximate surface area is 181 Å². The molecule has 0 radical (unpaired) electrons.